The van der Waals surface area contributed by atoms with Crippen LogP contribution in [0.2, 0.25) is 0 Å². The second-order valence-electron chi connectivity index (χ2n) is 9.88. The van der Waals surface area contributed by atoms with Gasteiger partial charge in [-0.25, -0.2) is 4.42 Å². The number of aliphatic hydroxyl groups excluding tert-OH is 6. The average molecular weight is 596 g/mol. The van der Waals surface area contributed by atoms with Crippen LogP contribution in [0.5, 0.6) is 28.7 Å². The van der Waals surface area contributed by atoms with Gasteiger partial charge in [-0.15, -0.1) is 0 Å². The molecular weight excluding hydrogens is 564 g/mol. The van der Waals surface area contributed by atoms with E-state index < -0.39 is 68.5 Å². The van der Waals surface area contributed by atoms with Crippen LogP contribution in [-0.2, 0) is 14.2 Å². The molecule has 5 rings (SSSR count). The van der Waals surface area contributed by atoms with Crippen LogP contribution < -0.4 is 9.47 Å². The van der Waals surface area contributed by atoms with Gasteiger partial charge in [0.05, 0.1) is 32.0 Å². The van der Waals surface area contributed by atoms with E-state index in [4.69, 9.17) is 28.1 Å². The summed E-state index contributed by atoms with van der Waals surface area (Å²) in [4.78, 5) is 0. The largest absolute Gasteiger partial charge is 0.507 e. The third-order valence-electron chi connectivity index (χ3n) is 7.07. The first-order chi connectivity index (χ1) is 20.0. The summed E-state index contributed by atoms with van der Waals surface area (Å²) in [5.74, 6) is -0.925. The first-order valence-electron chi connectivity index (χ1n) is 12.8. The number of methoxy groups -OCH3 is 1. The van der Waals surface area contributed by atoms with Crippen molar-refractivity contribution in [1.82, 2.24) is 0 Å². The van der Waals surface area contributed by atoms with Gasteiger partial charge in [-0.1, -0.05) is 0 Å². The maximum absolute atomic E-state index is 10.9. The Morgan fingerprint density at radius 2 is 1.62 bits per heavy atom. The molecular formula is C27H31O15+. The van der Waals surface area contributed by atoms with Gasteiger partial charge in [0.25, 0.3) is 0 Å². The Bertz CT molecular complexity index is 1420. The van der Waals surface area contributed by atoms with Crippen LogP contribution >= 0.6 is 0 Å². The first-order valence-corrected chi connectivity index (χ1v) is 12.8. The molecule has 0 aliphatic carbocycles. The maximum atomic E-state index is 10.9. The minimum atomic E-state index is -1.78. The van der Waals surface area contributed by atoms with Crippen molar-refractivity contribution >= 4 is 11.0 Å². The topological polar surface area (TPSA) is 240 Å². The van der Waals surface area contributed by atoms with Crippen LogP contribution in [0.15, 0.2) is 40.8 Å². The van der Waals surface area contributed by atoms with Crippen LogP contribution in [0, 0.1) is 0 Å². The van der Waals surface area contributed by atoms with Crippen LogP contribution in [0.25, 0.3) is 22.3 Å². The minimum absolute atomic E-state index is 0.0261. The van der Waals surface area contributed by atoms with Crippen LogP contribution in [-0.4, -0.2) is 122 Å². The van der Waals surface area contributed by atoms with Gasteiger partial charge < -0.3 is 69.6 Å². The Balaban J connectivity index is 1.58. The van der Waals surface area contributed by atoms with Gasteiger partial charge in [-0.3, -0.25) is 0 Å². The Morgan fingerprint density at radius 3 is 2.33 bits per heavy atom. The molecule has 3 heterocycles. The van der Waals surface area contributed by atoms with Crippen molar-refractivity contribution in [3.05, 3.63) is 36.4 Å². The van der Waals surface area contributed by atoms with Crippen molar-refractivity contribution in [2.24, 2.45) is 0 Å². The molecule has 2 aromatic carbocycles. The summed E-state index contributed by atoms with van der Waals surface area (Å²) >= 11 is 0. The highest BCUT2D eigenvalue weighted by atomic mass is 16.8. The number of ether oxygens (including phenoxy) is 5. The quantitative estimate of drug-likeness (QED) is 0.151. The molecule has 2 aliphatic heterocycles. The summed E-state index contributed by atoms with van der Waals surface area (Å²) in [6.07, 6.45) is -14.4. The molecule has 0 radical (unpaired) electrons. The number of phenols is 3. The molecule has 2 aliphatic rings. The lowest BCUT2D eigenvalue weighted by Crippen LogP contribution is -2.63. The number of rotatable bonds is 7. The molecule has 9 atom stereocenters. The number of aliphatic hydroxyl groups is 6. The van der Waals surface area contributed by atoms with Crippen molar-refractivity contribution in [1.29, 1.82) is 0 Å². The summed E-state index contributed by atoms with van der Waals surface area (Å²) in [6.45, 7) is -1.15. The molecule has 2 fully saturated rings. The molecule has 9 N–H and O–H groups in total. The lowest BCUT2D eigenvalue weighted by molar-refractivity contribution is -0.344. The average Bonchev–Trinajstić information content (AvgIpc) is 2.97. The summed E-state index contributed by atoms with van der Waals surface area (Å²) in [6, 6.07) is 7.84. The lowest BCUT2D eigenvalue weighted by atomic mass is 9.98. The molecule has 42 heavy (non-hydrogen) atoms. The van der Waals surface area contributed by atoms with Gasteiger partial charge in [-0.2, -0.15) is 0 Å². The van der Waals surface area contributed by atoms with Gasteiger partial charge >= 0.3 is 11.3 Å². The standard InChI is InChI=1S/C27H30O15/c1-37-17-4-10(2-3-13(17)30)24-18(7-12-14(31)5-11(29)6-16(12)39-24)40-27-25(22(35)21(34)19(8-28)41-27)42-26-23(36)20(33)15(32)9-38-26/h2-7,15,19-23,25-28,32-36H,8-9H2,1H3,(H2-,29,30,31)/p+1/t15-,19+,20-,21+,22+,23-,25+,26+,27-/m1/s1. The fourth-order valence-electron chi connectivity index (χ4n) is 4.77. The first kappa shape index (κ1) is 30.0. The Morgan fingerprint density at radius 1 is 0.857 bits per heavy atom. The molecule has 1 aromatic heterocycles. The zero-order valence-corrected chi connectivity index (χ0v) is 22.0. The highest BCUT2D eigenvalue weighted by Crippen LogP contribution is 2.42. The number of hydrogen-bond donors (Lipinski definition) is 9. The summed E-state index contributed by atoms with van der Waals surface area (Å²) < 4.78 is 33.9. The van der Waals surface area contributed by atoms with E-state index in [1.807, 2.05) is 0 Å². The molecule has 0 bridgehead atoms. The van der Waals surface area contributed by atoms with E-state index in [0.29, 0.717) is 5.56 Å². The number of benzene rings is 2. The third-order valence-corrected chi connectivity index (χ3v) is 7.07. The molecule has 0 saturated carbocycles. The Hall–Kier alpha value is -3.51. The second-order valence-corrected chi connectivity index (χ2v) is 9.88. The van der Waals surface area contributed by atoms with Crippen LogP contribution in [0.4, 0.5) is 0 Å². The fourth-order valence-corrected chi connectivity index (χ4v) is 4.77. The van der Waals surface area contributed by atoms with Crippen LogP contribution in [0.1, 0.15) is 0 Å². The van der Waals surface area contributed by atoms with Crippen LogP contribution in [0.3, 0.4) is 0 Å². The normalized spacial score (nSPS) is 31.6. The Kier molecular flexibility index (Phi) is 8.56. The molecule has 0 spiro atoms. The van der Waals surface area contributed by atoms with E-state index in [0.717, 1.165) is 6.07 Å². The lowest BCUT2D eigenvalue weighted by Gasteiger charge is -2.44. The molecule has 0 unspecified atom stereocenters. The Labute approximate surface area is 237 Å². The van der Waals surface area contributed by atoms with Crippen molar-refractivity contribution in [2.75, 3.05) is 20.3 Å². The van der Waals surface area contributed by atoms with E-state index >= 15 is 0 Å². The van der Waals surface area contributed by atoms with Crippen molar-refractivity contribution < 1.29 is 74.1 Å². The summed E-state index contributed by atoms with van der Waals surface area (Å²) in [5.41, 5.74) is 0.328. The number of fused-ring (bicyclic) bond motifs is 1. The fraction of sp³-hybridized carbons (Fsp3) is 0.444. The minimum Gasteiger partial charge on any atom is -0.507 e. The van der Waals surface area contributed by atoms with E-state index in [1.165, 1.54) is 37.4 Å². The summed E-state index contributed by atoms with van der Waals surface area (Å²) in [7, 11) is 1.33. The molecule has 15 heteroatoms. The van der Waals surface area contributed by atoms with Crippen molar-refractivity contribution in [3.8, 4) is 40.1 Å². The number of phenolic OH excluding ortho intramolecular Hbond substituents is 3. The predicted octanol–water partition coefficient (Wildman–Crippen LogP) is -0.852. The highest BCUT2D eigenvalue weighted by Gasteiger charge is 2.50. The van der Waals surface area contributed by atoms with E-state index in [9.17, 15) is 46.0 Å². The van der Waals surface area contributed by atoms with Gasteiger partial charge in [0, 0.05) is 18.2 Å². The van der Waals surface area contributed by atoms with Crippen molar-refractivity contribution in [2.45, 2.75) is 55.3 Å². The monoisotopic (exact) mass is 595 g/mol. The van der Waals surface area contributed by atoms with Gasteiger partial charge in [0.2, 0.25) is 12.0 Å². The highest BCUT2D eigenvalue weighted by molar-refractivity contribution is 5.88. The summed E-state index contributed by atoms with van der Waals surface area (Å²) in [5, 5.41) is 92.1. The van der Waals surface area contributed by atoms with Gasteiger partial charge in [0.15, 0.2) is 23.9 Å². The zero-order chi connectivity index (χ0) is 30.3. The van der Waals surface area contributed by atoms with Crippen molar-refractivity contribution in [3.63, 3.8) is 0 Å². The maximum Gasteiger partial charge on any atom is 0.402 e. The van der Waals surface area contributed by atoms with Gasteiger partial charge in [0.1, 0.15) is 53.5 Å². The smallest absolute Gasteiger partial charge is 0.402 e. The zero-order valence-electron chi connectivity index (χ0n) is 22.0. The molecule has 15 nitrogen and oxygen atoms in total. The molecule has 3 aromatic rings. The number of hydrogen-bond acceptors (Lipinski definition) is 14. The predicted molar refractivity (Wildman–Crippen MR) is 139 cm³/mol. The molecule has 228 valence electrons. The molecule has 0 amide bonds. The third kappa shape index (κ3) is 5.61. The van der Waals surface area contributed by atoms with E-state index in [1.54, 1.807) is 0 Å². The van der Waals surface area contributed by atoms with E-state index in [2.05, 4.69) is 0 Å². The second kappa shape index (κ2) is 12.0. The van der Waals surface area contributed by atoms with E-state index in [-0.39, 0.29) is 45.5 Å². The van der Waals surface area contributed by atoms with Gasteiger partial charge in [-0.05, 0) is 12.1 Å². The SMILES string of the molecule is COc1cc(-c2[o+]c3cc(O)cc(O)c3cc2O[C@@H]2O[C@@H](CO)[C@H](O)[C@H](O)[C@@H]2O[C@@H]2OC[C@@H](O)[C@@H](O)[C@H]2O)ccc1O. The molecule has 2 saturated heterocycles. The number of aromatic hydroxyl groups is 3.